The maximum Gasteiger partial charge on any atom is 0.284 e. The molecule has 4 heteroatoms. The fraction of sp³-hybridized carbons (Fsp3) is 0.308. The van der Waals surface area contributed by atoms with Crippen molar-refractivity contribution in [3.63, 3.8) is 0 Å². The van der Waals surface area contributed by atoms with Crippen LogP contribution in [0.4, 0.5) is 4.39 Å². The SMILES string of the molecule is C#C[C@]1(c2ccccc2F)N=C(N)O[C@@H]2C[C@@H]21. The number of hydrogen-bond donors (Lipinski definition) is 1. The molecule has 2 aliphatic rings. The van der Waals surface area contributed by atoms with E-state index >= 15 is 0 Å². The molecule has 2 N–H and O–H groups in total. The Balaban J connectivity index is 2.19. The van der Waals surface area contributed by atoms with Gasteiger partial charge in [-0.2, -0.15) is 0 Å². The second kappa shape index (κ2) is 3.24. The molecular weight excluding hydrogens is 219 g/mol. The molecular formula is C13H11FN2O. The molecule has 3 rings (SSSR count). The average Bonchev–Trinajstić information content (AvgIpc) is 3.08. The minimum Gasteiger partial charge on any atom is -0.462 e. The summed E-state index contributed by atoms with van der Waals surface area (Å²) in [6, 6.07) is 6.46. The molecule has 1 aromatic rings. The van der Waals surface area contributed by atoms with Gasteiger partial charge in [-0.3, -0.25) is 0 Å². The van der Waals surface area contributed by atoms with Crippen molar-refractivity contribution in [2.24, 2.45) is 16.6 Å². The third kappa shape index (κ3) is 1.32. The lowest BCUT2D eigenvalue weighted by Crippen LogP contribution is -2.36. The van der Waals surface area contributed by atoms with Gasteiger partial charge in [0, 0.05) is 11.5 Å². The Morgan fingerprint density at radius 2 is 2.29 bits per heavy atom. The van der Waals surface area contributed by atoms with Gasteiger partial charge in [-0.25, -0.2) is 9.38 Å². The van der Waals surface area contributed by atoms with E-state index < -0.39 is 5.54 Å². The Morgan fingerprint density at radius 1 is 1.53 bits per heavy atom. The van der Waals surface area contributed by atoms with E-state index in [-0.39, 0.29) is 23.9 Å². The molecule has 1 saturated carbocycles. The predicted octanol–water partition coefficient (Wildman–Crippen LogP) is 1.39. The molecule has 0 radical (unpaired) electrons. The number of hydrogen-bond acceptors (Lipinski definition) is 3. The molecule has 1 fully saturated rings. The van der Waals surface area contributed by atoms with Crippen LogP contribution in [0, 0.1) is 24.1 Å². The average molecular weight is 230 g/mol. The van der Waals surface area contributed by atoms with Crippen LogP contribution in [-0.4, -0.2) is 12.1 Å². The molecule has 0 unspecified atom stereocenters. The highest BCUT2D eigenvalue weighted by atomic mass is 19.1. The number of aliphatic imine (C=N–C) groups is 1. The summed E-state index contributed by atoms with van der Waals surface area (Å²) in [5, 5.41) is 0. The number of nitrogens with zero attached hydrogens (tertiary/aromatic N) is 1. The van der Waals surface area contributed by atoms with Crippen LogP contribution in [0.15, 0.2) is 29.3 Å². The molecule has 0 saturated heterocycles. The number of benzene rings is 1. The zero-order valence-electron chi connectivity index (χ0n) is 9.06. The highest BCUT2D eigenvalue weighted by molar-refractivity contribution is 5.75. The maximum absolute atomic E-state index is 13.9. The van der Waals surface area contributed by atoms with Gasteiger partial charge in [-0.1, -0.05) is 24.1 Å². The van der Waals surface area contributed by atoms with Crippen molar-refractivity contribution in [3.8, 4) is 12.3 Å². The number of terminal acetylenes is 1. The summed E-state index contributed by atoms with van der Waals surface area (Å²) in [6.45, 7) is 0. The van der Waals surface area contributed by atoms with E-state index in [1.165, 1.54) is 6.07 Å². The highest BCUT2D eigenvalue weighted by Gasteiger charge is 2.59. The standard InChI is InChI=1S/C13H11FN2O/c1-2-13(8-5-3-4-6-10(8)14)9-7-11(9)17-12(15)16-13/h1,3-6,9,11H,7H2,(H2,15,16)/t9-,11+,13+/m0/s1. The summed E-state index contributed by atoms with van der Waals surface area (Å²) >= 11 is 0. The molecule has 0 bridgehead atoms. The molecule has 0 spiro atoms. The lowest BCUT2D eigenvalue weighted by Gasteiger charge is -2.28. The second-order valence-corrected chi connectivity index (χ2v) is 4.34. The van der Waals surface area contributed by atoms with Crippen molar-refractivity contribution in [1.29, 1.82) is 0 Å². The largest absolute Gasteiger partial charge is 0.462 e. The number of amidine groups is 1. The van der Waals surface area contributed by atoms with E-state index in [0.29, 0.717) is 5.56 Å². The molecule has 86 valence electrons. The normalized spacial score (nSPS) is 34.0. The molecule has 1 aromatic carbocycles. The fourth-order valence-electron chi connectivity index (χ4n) is 2.43. The summed E-state index contributed by atoms with van der Waals surface area (Å²) in [7, 11) is 0. The van der Waals surface area contributed by atoms with Gasteiger partial charge in [0.25, 0.3) is 6.02 Å². The second-order valence-electron chi connectivity index (χ2n) is 4.34. The molecule has 3 atom stereocenters. The predicted molar refractivity (Wildman–Crippen MR) is 61.5 cm³/mol. The quantitative estimate of drug-likeness (QED) is 0.741. The van der Waals surface area contributed by atoms with Gasteiger partial charge in [0.2, 0.25) is 0 Å². The van der Waals surface area contributed by atoms with E-state index in [1.54, 1.807) is 18.2 Å². The lowest BCUT2D eigenvalue weighted by atomic mass is 9.85. The Hall–Kier alpha value is -2.02. The Labute approximate surface area is 98.5 Å². The third-order valence-corrected chi connectivity index (χ3v) is 3.33. The molecule has 17 heavy (non-hydrogen) atoms. The van der Waals surface area contributed by atoms with Gasteiger partial charge in [0.15, 0.2) is 5.54 Å². The minimum atomic E-state index is -1.00. The van der Waals surface area contributed by atoms with Crippen molar-refractivity contribution in [3.05, 3.63) is 35.6 Å². The molecule has 1 heterocycles. The molecule has 1 aliphatic heterocycles. The number of ether oxygens (including phenoxy) is 1. The van der Waals surface area contributed by atoms with E-state index in [2.05, 4.69) is 10.9 Å². The first-order valence-corrected chi connectivity index (χ1v) is 5.42. The number of nitrogens with two attached hydrogens (primary N) is 1. The Kier molecular flexibility index (Phi) is 1.93. The number of halogens is 1. The zero-order valence-corrected chi connectivity index (χ0v) is 9.06. The van der Waals surface area contributed by atoms with Crippen LogP contribution in [0.1, 0.15) is 12.0 Å². The van der Waals surface area contributed by atoms with E-state index in [1.807, 2.05) is 0 Å². The van der Waals surface area contributed by atoms with Crippen LogP contribution in [0.2, 0.25) is 0 Å². The number of rotatable bonds is 1. The number of fused-ring (bicyclic) bond motifs is 1. The summed E-state index contributed by atoms with van der Waals surface area (Å²) in [6.07, 6.45) is 6.33. The van der Waals surface area contributed by atoms with Gasteiger partial charge >= 0.3 is 0 Å². The zero-order chi connectivity index (χ0) is 12.0. The Morgan fingerprint density at radius 3 is 3.00 bits per heavy atom. The summed E-state index contributed by atoms with van der Waals surface area (Å²) in [5.74, 6) is 2.28. The van der Waals surface area contributed by atoms with Crippen LogP contribution >= 0.6 is 0 Å². The molecule has 1 aliphatic carbocycles. The summed E-state index contributed by atoms with van der Waals surface area (Å²) < 4.78 is 19.2. The van der Waals surface area contributed by atoms with Gasteiger partial charge in [-0.05, 0) is 12.5 Å². The van der Waals surface area contributed by atoms with E-state index in [9.17, 15) is 4.39 Å². The van der Waals surface area contributed by atoms with Gasteiger partial charge in [0.1, 0.15) is 11.9 Å². The minimum absolute atomic E-state index is 0.0247. The highest BCUT2D eigenvalue weighted by Crippen LogP contribution is 2.52. The van der Waals surface area contributed by atoms with Crippen LogP contribution in [0.5, 0.6) is 0 Å². The smallest absolute Gasteiger partial charge is 0.284 e. The van der Waals surface area contributed by atoms with Crippen molar-refractivity contribution in [2.75, 3.05) is 0 Å². The van der Waals surface area contributed by atoms with Crippen molar-refractivity contribution < 1.29 is 9.13 Å². The topological polar surface area (TPSA) is 47.6 Å². The molecule has 3 nitrogen and oxygen atoms in total. The Bertz CT molecular complexity index is 549. The first kappa shape index (κ1) is 10.2. The lowest BCUT2D eigenvalue weighted by molar-refractivity contribution is 0.217. The van der Waals surface area contributed by atoms with E-state index in [0.717, 1.165) is 6.42 Å². The van der Waals surface area contributed by atoms with Gasteiger partial charge < -0.3 is 10.5 Å². The van der Waals surface area contributed by atoms with Crippen molar-refractivity contribution in [1.82, 2.24) is 0 Å². The van der Waals surface area contributed by atoms with Crippen LogP contribution in [-0.2, 0) is 10.3 Å². The maximum atomic E-state index is 13.9. The van der Waals surface area contributed by atoms with E-state index in [4.69, 9.17) is 16.9 Å². The monoisotopic (exact) mass is 230 g/mol. The summed E-state index contributed by atoms with van der Waals surface area (Å²) in [4.78, 5) is 4.18. The summed E-state index contributed by atoms with van der Waals surface area (Å²) in [5.41, 5.74) is 5.00. The van der Waals surface area contributed by atoms with Crippen LogP contribution < -0.4 is 5.73 Å². The fourth-order valence-corrected chi connectivity index (χ4v) is 2.43. The van der Waals surface area contributed by atoms with Crippen LogP contribution in [0.3, 0.4) is 0 Å². The van der Waals surface area contributed by atoms with Gasteiger partial charge in [-0.15, -0.1) is 6.42 Å². The molecule has 0 amide bonds. The molecule has 0 aromatic heterocycles. The van der Waals surface area contributed by atoms with Crippen molar-refractivity contribution in [2.45, 2.75) is 18.1 Å². The van der Waals surface area contributed by atoms with Gasteiger partial charge in [0.05, 0.1) is 0 Å². The first-order valence-electron chi connectivity index (χ1n) is 5.42. The van der Waals surface area contributed by atoms with Crippen molar-refractivity contribution >= 4 is 6.02 Å². The van der Waals surface area contributed by atoms with Crippen LogP contribution in [0.25, 0.3) is 0 Å². The third-order valence-electron chi connectivity index (χ3n) is 3.33. The first-order chi connectivity index (χ1) is 8.17.